The Morgan fingerprint density at radius 2 is 1.73 bits per heavy atom. The van der Waals surface area contributed by atoms with E-state index in [0.29, 0.717) is 13.0 Å². The van der Waals surface area contributed by atoms with Gasteiger partial charge in [0, 0.05) is 32.5 Å². The third-order valence-corrected chi connectivity index (χ3v) is 6.67. The fourth-order valence-electron chi connectivity index (χ4n) is 5.27. The van der Waals surface area contributed by atoms with Gasteiger partial charge in [-0.05, 0) is 42.0 Å². The second-order valence-electron chi connectivity index (χ2n) is 8.94. The van der Waals surface area contributed by atoms with Crippen LogP contribution in [-0.2, 0) is 25.5 Å². The van der Waals surface area contributed by atoms with Crippen molar-refractivity contribution in [1.82, 2.24) is 0 Å². The quantitative estimate of drug-likeness (QED) is 0.527. The highest BCUT2D eigenvalue weighted by Crippen LogP contribution is 2.51. The second-order valence-corrected chi connectivity index (χ2v) is 8.94. The molecule has 2 saturated heterocycles. The molecule has 0 aromatic heterocycles. The number of benzene rings is 2. The summed E-state index contributed by atoms with van der Waals surface area (Å²) in [4.78, 5) is 28.7. The van der Waals surface area contributed by atoms with Crippen LogP contribution in [0.5, 0.6) is 0 Å². The molecule has 0 radical (unpaired) electrons. The predicted molar refractivity (Wildman–Crippen MR) is 108 cm³/mol. The summed E-state index contributed by atoms with van der Waals surface area (Å²) in [5.41, 5.74) is 1.24. The zero-order valence-corrected chi connectivity index (χ0v) is 17.1. The van der Waals surface area contributed by atoms with Crippen LogP contribution in [0.15, 0.2) is 48.5 Å². The van der Waals surface area contributed by atoms with E-state index in [1.807, 2.05) is 23.1 Å². The second kappa shape index (κ2) is 6.56. The Kier molecular flexibility index (Phi) is 4.17. The van der Waals surface area contributed by atoms with Gasteiger partial charge in [-0.15, -0.1) is 0 Å². The lowest BCUT2D eigenvalue weighted by atomic mass is 9.65. The number of anilines is 1. The molecule has 5 rings (SSSR count). The Bertz CT molecular complexity index is 999. The zero-order valence-electron chi connectivity index (χ0n) is 17.1. The molecule has 0 saturated carbocycles. The van der Waals surface area contributed by atoms with Gasteiger partial charge in [-0.25, -0.2) is 4.39 Å². The smallest absolute Gasteiger partial charge is 0.329 e. The zero-order chi connectivity index (χ0) is 21.1. The summed E-state index contributed by atoms with van der Waals surface area (Å²) in [7, 11) is 0. The van der Waals surface area contributed by atoms with Crippen molar-refractivity contribution in [2.24, 2.45) is 5.41 Å². The lowest BCUT2D eigenvalue weighted by Gasteiger charge is -2.54. The molecule has 0 bridgehead atoms. The minimum absolute atomic E-state index is 0.152. The average molecular weight is 409 g/mol. The van der Waals surface area contributed by atoms with Crippen LogP contribution in [0.4, 0.5) is 10.1 Å². The maximum atomic E-state index is 14.1. The van der Waals surface area contributed by atoms with Crippen LogP contribution in [0.25, 0.3) is 0 Å². The molecule has 6 heteroatoms. The lowest BCUT2D eigenvalue weighted by Crippen LogP contribution is -2.67. The largest absolute Gasteiger partial charge is 0.422 e. The first-order valence-electron chi connectivity index (χ1n) is 10.4. The van der Waals surface area contributed by atoms with Crippen LogP contribution in [0.1, 0.15) is 43.7 Å². The molecule has 3 aliphatic rings. The summed E-state index contributed by atoms with van der Waals surface area (Å²) in [6.07, 6.45) is 1.59. The Morgan fingerprint density at radius 3 is 2.43 bits per heavy atom. The molecule has 2 fully saturated rings. The molecule has 156 valence electrons. The number of rotatable bonds is 1. The molecule has 0 aliphatic carbocycles. The number of halogens is 1. The van der Waals surface area contributed by atoms with E-state index in [-0.39, 0.29) is 18.2 Å². The molecule has 1 spiro atoms. The Morgan fingerprint density at radius 1 is 1.03 bits per heavy atom. The Balaban J connectivity index is 1.62. The van der Waals surface area contributed by atoms with Gasteiger partial charge in [-0.3, -0.25) is 9.59 Å². The molecule has 0 unspecified atom stereocenters. The highest BCUT2D eigenvalue weighted by molar-refractivity contribution is 6.04. The van der Waals surface area contributed by atoms with E-state index in [4.69, 9.17) is 9.47 Å². The summed E-state index contributed by atoms with van der Waals surface area (Å²) >= 11 is 0. The third-order valence-electron chi connectivity index (χ3n) is 6.67. The van der Waals surface area contributed by atoms with Crippen molar-refractivity contribution in [2.75, 3.05) is 11.4 Å². The van der Waals surface area contributed by atoms with Gasteiger partial charge in [0.1, 0.15) is 5.82 Å². The molecular formula is C24H24FNO4. The number of hydrogen-bond acceptors (Lipinski definition) is 5. The van der Waals surface area contributed by atoms with E-state index in [2.05, 4.69) is 12.1 Å². The number of piperidine rings is 1. The van der Waals surface area contributed by atoms with Crippen LogP contribution in [0, 0.1) is 11.2 Å². The van der Waals surface area contributed by atoms with Crippen LogP contribution in [0.3, 0.4) is 0 Å². The average Bonchev–Trinajstić information content (AvgIpc) is 2.72. The number of esters is 2. The van der Waals surface area contributed by atoms with Crippen LogP contribution >= 0.6 is 0 Å². The Labute approximate surface area is 174 Å². The molecule has 5 nitrogen and oxygen atoms in total. The summed E-state index contributed by atoms with van der Waals surface area (Å²) < 4.78 is 25.2. The van der Waals surface area contributed by atoms with Crippen molar-refractivity contribution < 1.29 is 23.5 Å². The number of ether oxygens (including phenoxy) is 2. The summed E-state index contributed by atoms with van der Waals surface area (Å²) in [5.74, 6) is -2.54. The molecule has 2 atom stereocenters. The van der Waals surface area contributed by atoms with E-state index in [1.54, 1.807) is 19.9 Å². The number of hydrogen-bond donors (Lipinski definition) is 0. The van der Waals surface area contributed by atoms with Crippen molar-refractivity contribution in [3.05, 3.63) is 65.5 Å². The van der Waals surface area contributed by atoms with Gasteiger partial charge in [0.25, 0.3) is 5.79 Å². The SMILES string of the molecule is CC1(C)OC(=O)C2(Cc3ccc(F)cc3N3CC[C@@H](c4ccccc4)C[C@@H]32)C(=O)O1. The summed E-state index contributed by atoms with van der Waals surface area (Å²) in [5, 5.41) is 0. The molecule has 0 amide bonds. The molecule has 0 N–H and O–H groups in total. The Hall–Kier alpha value is -2.89. The van der Waals surface area contributed by atoms with Crippen LogP contribution in [0.2, 0.25) is 0 Å². The van der Waals surface area contributed by atoms with Crippen LogP contribution < -0.4 is 4.90 Å². The van der Waals surface area contributed by atoms with Gasteiger partial charge in [-0.1, -0.05) is 36.4 Å². The molecule has 2 aromatic rings. The van der Waals surface area contributed by atoms with Gasteiger partial charge >= 0.3 is 11.9 Å². The molecule has 2 aromatic carbocycles. The first-order valence-corrected chi connectivity index (χ1v) is 10.4. The van der Waals surface area contributed by atoms with Gasteiger partial charge in [0.2, 0.25) is 0 Å². The number of nitrogens with zero attached hydrogens (tertiary/aromatic N) is 1. The lowest BCUT2D eigenvalue weighted by molar-refractivity contribution is -0.253. The molecule has 3 heterocycles. The fraction of sp³-hybridized carbons (Fsp3) is 0.417. The van der Waals surface area contributed by atoms with E-state index in [9.17, 15) is 14.0 Å². The van der Waals surface area contributed by atoms with Gasteiger partial charge in [0.05, 0.1) is 6.04 Å². The van der Waals surface area contributed by atoms with E-state index >= 15 is 0 Å². The van der Waals surface area contributed by atoms with Crippen molar-refractivity contribution in [3.8, 4) is 0 Å². The van der Waals surface area contributed by atoms with Gasteiger partial charge in [-0.2, -0.15) is 0 Å². The van der Waals surface area contributed by atoms with Crippen molar-refractivity contribution in [3.63, 3.8) is 0 Å². The fourth-order valence-corrected chi connectivity index (χ4v) is 5.27. The highest BCUT2D eigenvalue weighted by atomic mass is 19.1. The molecule has 3 aliphatic heterocycles. The first-order chi connectivity index (χ1) is 14.3. The molecular weight excluding hydrogens is 385 g/mol. The topological polar surface area (TPSA) is 55.8 Å². The number of fused-ring (bicyclic) bond motifs is 4. The molecule has 30 heavy (non-hydrogen) atoms. The minimum atomic E-state index is -1.45. The van der Waals surface area contributed by atoms with E-state index in [0.717, 1.165) is 17.7 Å². The number of carbonyl (C=O) groups is 2. The minimum Gasteiger partial charge on any atom is -0.422 e. The van der Waals surface area contributed by atoms with Crippen molar-refractivity contribution >= 4 is 17.6 Å². The monoisotopic (exact) mass is 409 g/mol. The summed E-state index contributed by atoms with van der Waals surface area (Å²) in [6, 6.07) is 14.2. The van der Waals surface area contributed by atoms with Crippen molar-refractivity contribution in [2.45, 2.75) is 50.9 Å². The standard InChI is InChI=1S/C24H24FNO4/c1-23(2)29-21(27)24(22(28)30-23)14-17-8-9-18(25)13-19(17)26-11-10-16(12-20(24)26)15-6-4-3-5-7-15/h3-9,13,16,20H,10-12,14H2,1-2H3/t16-,20-/m1/s1. The van der Waals surface area contributed by atoms with E-state index in [1.165, 1.54) is 17.7 Å². The maximum Gasteiger partial charge on any atom is 0.329 e. The third kappa shape index (κ3) is 2.81. The predicted octanol–water partition coefficient (Wildman–Crippen LogP) is 3.96. The number of cyclic esters (lactones) is 2. The van der Waals surface area contributed by atoms with Crippen molar-refractivity contribution in [1.29, 1.82) is 0 Å². The first kappa shape index (κ1) is 19.1. The van der Waals surface area contributed by atoms with Gasteiger partial charge in [0.15, 0.2) is 5.41 Å². The number of carbonyl (C=O) groups excluding carboxylic acids is 2. The summed E-state index contributed by atoms with van der Waals surface area (Å²) in [6.45, 7) is 3.74. The highest BCUT2D eigenvalue weighted by Gasteiger charge is 2.64. The van der Waals surface area contributed by atoms with Gasteiger partial charge < -0.3 is 14.4 Å². The van der Waals surface area contributed by atoms with E-state index < -0.39 is 29.2 Å². The maximum absolute atomic E-state index is 14.1. The normalized spacial score (nSPS) is 26.4. The van der Waals surface area contributed by atoms with Crippen LogP contribution in [-0.4, -0.2) is 30.3 Å².